The molecule has 1 fully saturated rings. The zero-order chi connectivity index (χ0) is 12.0. The molecule has 0 aromatic heterocycles. The maximum atomic E-state index is 11.7. The summed E-state index contributed by atoms with van der Waals surface area (Å²) in [5.74, 6) is 0.516. The van der Waals surface area contributed by atoms with E-state index in [4.69, 9.17) is 5.73 Å². The van der Waals surface area contributed by atoms with Crippen molar-refractivity contribution in [2.24, 2.45) is 17.1 Å². The van der Waals surface area contributed by atoms with E-state index in [0.29, 0.717) is 24.3 Å². The Balaban J connectivity index is 2.24. The van der Waals surface area contributed by atoms with Crippen molar-refractivity contribution in [2.75, 3.05) is 13.1 Å². The molecule has 1 saturated carbocycles. The first kappa shape index (κ1) is 13.5. The summed E-state index contributed by atoms with van der Waals surface area (Å²) in [6, 6.07) is 0. The van der Waals surface area contributed by atoms with Gasteiger partial charge in [-0.3, -0.25) is 4.79 Å². The molecule has 1 aliphatic rings. The first-order chi connectivity index (χ1) is 7.59. The molecular weight excluding hydrogens is 200 g/mol. The summed E-state index contributed by atoms with van der Waals surface area (Å²) < 4.78 is 0. The lowest BCUT2D eigenvalue weighted by Gasteiger charge is -2.24. The molecule has 0 aromatic rings. The molecule has 3 heteroatoms. The average molecular weight is 226 g/mol. The van der Waals surface area contributed by atoms with Crippen molar-refractivity contribution in [1.29, 1.82) is 0 Å². The molecule has 1 atom stereocenters. The maximum absolute atomic E-state index is 11.7. The lowest BCUT2D eigenvalue weighted by Crippen LogP contribution is -2.35. The molecule has 0 spiro atoms. The maximum Gasteiger partial charge on any atom is 0.220 e. The normalized spacial score (nSPS) is 20.7. The predicted octanol–water partition coefficient (Wildman–Crippen LogP) is 2.06. The molecule has 16 heavy (non-hydrogen) atoms. The Morgan fingerprint density at radius 3 is 2.56 bits per heavy atom. The SMILES string of the molecule is CCC(CN)CC(=O)NCC1(C)CCCC1. The molecule has 1 aliphatic carbocycles. The fourth-order valence-electron chi connectivity index (χ4n) is 2.45. The second-order valence-corrected chi connectivity index (χ2v) is 5.51. The highest BCUT2D eigenvalue weighted by molar-refractivity contribution is 5.76. The van der Waals surface area contributed by atoms with Crippen LogP contribution in [0, 0.1) is 11.3 Å². The molecule has 0 saturated heterocycles. The summed E-state index contributed by atoms with van der Waals surface area (Å²) in [5.41, 5.74) is 5.94. The monoisotopic (exact) mass is 226 g/mol. The van der Waals surface area contributed by atoms with Crippen LogP contribution in [0.2, 0.25) is 0 Å². The van der Waals surface area contributed by atoms with Gasteiger partial charge in [0, 0.05) is 13.0 Å². The van der Waals surface area contributed by atoms with Crippen molar-refractivity contribution in [1.82, 2.24) is 5.32 Å². The van der Waals surface area contributed by atoms with Crippen LogP contribution in [-0.4, -0.2) is 19.0 Å². The van der Waals surface area contributed by atoms with Gasteiger partial charge in [-0.1, -0.05) is 33.1 Å². The van der Waals surface area contributed by atoms with Gasteiger partial charge in [0.1, 0.15) is 0 Å². The molecular formula is C13H26N2O. The van der Waals surface area contributed by atoms with Gasteiger partial charge in [0.2, 0.25) is 5.91 Å². The van der Waals surface area contributed by atoms with Crippen LogP contribution >= 0.6 is 0 Å². The fraction of sp³-hybridized carbons (Fsp3) is 0.923. The van der Waals surface area contributed by atoms with E-state index in [2.05, 4.69) is 19.2 Å². The number of nitrogens with two attached hydrogens (primary N) is 1. The first-order valence-corrected chi connectivity index (χ1v) is 6.56. The summed E-state index contributed by atoms with van der Waals surface area (Å²) in [5, 5.41) is 3.07. The summed E-state index contributed by atoms with van der Waals surface area (Å²) in [7, 11) is 0. The van der Waals surface area contributed by atoms with E-state index in [-0.39, 0.29) is 5.91 Å². The second-order valence-electron chi connectivity index (χ2n) is 5.51. The molecule has 1 unspecified atom stereocenters. The number of amides is 1. The average Bonchev–Trinajstić information content (AvgIpc) is 2.71. The number of carbonyl (C=O) groups is 1. The lowest BCUT2D eigenvalue weighted by molar-refractivity contribution is -0.122. The van der Waals surface area contributed by atoms with Crippen LogP contribution in [0.15, 0.2) is 0 Å². The summed E-state index contributed by atoms with van der Waals surface area (Å²) in [6.45, 7) is 5.82. The fourth-order valence-corrected chi connectivity index (χ4v) is 2.45. The third-order valence-corrected chi connectivity index (χ3v) is 3.91. The van der Waals surface area contributed by atoms with Gasteiger partial charge in [-0.15, -0.1) is 0 Å². The van der Waals surface area contributed by atoms with Crippen molar-refractivity contribution in [3.63, 3.8) is 0 Å². The molecule has 0 aliphatic heterocycles. The van der Waals surface area contributed by atoms with Gasteiger partial charge in [0.25, 0.3) is 0 Å². The predicted molar refractivity (Wildman–Crippen MR) is 67.0 cm³/mol. The minimum Gasteiger partial charge on any atom is -0.356 e. The molecule has 94 valence electrons. The van der Waals surface area contributed by atoms with E-state index in [0.717, 1.165) is 13.0 Å². The molecule has 3 nitrogen and oxygen atoms in total. The molecule has 1 rings (SSSR count). The minimum atomic E-state index is 0.172. The highest BCUT2D eigenvalue weighted by Gasteiger charge is 2.28. The largest absolute Gasteiger partial charge is 0.356 e. The van der Waals surface area contributed by atoms with Gasteiger partial charge in [0.15, 0.2) is 0 Å². The Hall–Kier alpha value is -0.570. The summed E-state index contributed by atoms with van der Waals surface area (Å²) >= 11 is 0. The Morgan fingerprint density at radius 1 is 1.44 bits per heavy atom. The number of hydrogen-bond donors (Lipinski definition) is 2. The quantitative estimate of drug-likeness (QED) is 0.728. The zero-order valence-electron chi connectivity index (χ0n) is 10.7. The van der Waals surface area contributed by atoms with E-state index in [1.165, 1.54) is 25.7 Å². The van der Waals surface area contributed by atoms with E-state index >= 15 is 0 Å². The Bertz CT molecular complexity index is 218. The topological polar surface area (TPSA) is 55.1 Å². The zero-order valence-corrected chi connectivity index (χ0v) is 10.7. The standard InChI is InChI=1S/C13H26N2O/c1-3-11(9-14)8-12(16)15-10-13(2)6-4-5-7-13/h11H,3-10,14H2,1-2H3,(H,15,16). The molecule has 0 aromatic carbocycles. The Morgan fingerprint density at radius 2 is 2.06 bits per heavy atom. The van der Waals surface area contributed by atoms with Gasteiger partial charge in [-0.05, 0) is 30.7 Å². The highest BCUT2D eigenvalue weighted by Crippen LogP contribution is 2.36. The Labute approximate surface area is 99.2 Å². The van der Waals surface area contributed by atoms with Gasteiger partial charge < -0.3 is 11.1 Å². The summed E-state index contributed by atoms with van der Waals surface area (Å²) in [4.78, 5) is 11.7. The van der Waals surface area contributed by atoms with E-state index in [1.807, 2.05) is 0 Å². The van der Waals surface area contributed by atoms with E-state index in [1.54, 1.807) is 0 Å². The molecule has 0 radical (unpaired) electrons. The summed E-state index contributed by atoms with van der Waals surface area (Å²) in [6.07, 6.45) is 6.70. The van der Waals surface area contributed by atoms with Gasteiger partial charge in [-0.2, -0.15) is 0 Å². The van der Waals surface area contributed by atoms with Crippen molar-refractivity contribution in [3.05, 3.63) is 0 Å². The minimum absolute atomic E-state index is 0.172. The van der Waals surface area contributed by atoms with Crippen molar-refractivity contribution >= 4 is 5.91 Å². The van der Waals surface area contributed by atoms with Crippen LogP contribution in [0.25, 0.3) is 0 Å². The first-order valence-electron chi connectivity index (χ1n) is 6.56. The lowest BCUT2D eigenvalue weighted by atomic mass is 9.89. The molecule has 1 amide bonds. The smallest absolute Gasteiger partial charge is 0.220 e. The number of carbonyl (C=O) groups excluding carboxylic acids is 1. The Kier molecular flexibility index (Phi) is 5.26. The second kappa shape index (κ2) is 6.24. The third kappa shape index (κ3) is 4.12. The highest BCUT2D eigenvalue weighted by atomic mass is 16.1. The molecule has 3 N–H and O–H groups in total. The van der Waals surface area contributed by atoms with Crippen LogP contribution in [0.5, 0.6) is 0 Å². The van der Waals surface area contributed by atoms with Gasteiger partial charge >= 0.3 is 0 Å². The van der Waals surface area contributed by atoms with Crippen LogP contribution < -0.4 is 11.1 Å². The van der Waals surface area contributed by atoms with Gasteiger partial charge in [0.05, 0.1) is 0 Å². The van der Waals surface area contributed by atoms with Crippen LogP contribution in [0.4, 0.5) is 0 Å². The van der Waals surface area contributed by atoms with E-state index < -0.39 is 0 Å². The number of nitrogens with one attached hydrogen (secondary N) is 1. The van der Waals surface area contributed by atoms with Gasteiger partial charge in [-0.25, -0.2) is 0 Å². The number of hydrogen-bond acceptors (Lipinski definition) is 2. The molecule has 0 heterocycles. The molecule has 0 bridgehead atoms. The van der Waals surface area contributed by atoms with Crippen LogP contribution in [0.1, 0.15) is 52.4 Å². The van der Waals surface area contributed by atoms with E-state index in [9.17, 15) is 4.79 Å². The van der Waals surface area contributed by atoms with Crippen molar-refractivity contribution in [3.8, 4) is 0 Å². The number of rotatable bonds is 6. The van der Waals surface area contributed by atoms with Crippen LogP contribution in [0.3, 0.4) is 0 Å². The van der Waals surface area contributed by atoms with Crippen molar-refractivity contribution in [2.45, 2.75) is 52.4 Å². The van der Waals surface area contributed by atoms with Crippen molar-refractivity contribution < 1.29 is 4.79 Å². The van der Waals surface area contributed by atoms with Crippen LogP contribution in [-0.2, 0) is 4.79 Å². The third-order valence-electron chi connectivity index (χ3n) is 3.91.